The van der Waals surface area contributed by atoms with Crippen molar-refractivity contribution in [2.45, 2.75) is 0 Å². The van der Waals surface area contributed by atoms with E-state index in [0.29, 0.717) is 0 Å². The first-order valence-electron chi connectivity index (χ1n) is 22.2. The van der Waals surface area contributed by atoms with Crippen molar-refractivity contribution in [2.75, 3.05) is 4.90 Å². The van der Waals surface area contributed by atoms with Crippen molar-refractivity contribution >= 4 is 91.5 Å². The number of nitrogens with zero attached hydrogens (tertiary/aromatic N) is 3. The third-order valence-electron chi connectivity index (χ3n) is 13.2. The van der Waals surface area contributed by atoms with Gasteiger partial charge in [0.1, 0.15) is 0 Å². The predicted octanol–water partition coefficient (Wildman–Crippen LogP) is 13.0. The van der Waals surface area contributed by atoms with Crippen molar-refractivity contribution in [3.63, 3.8) is 0 Å². The molecule has 2 heterocycles. The summed E-state index contributed by atoms with van der Waals surface area (Å²) < 4.78 is 39.1. The number of aromatic nitrogens is 2. The van der Waals surface area contributed by atoms with Crippen LogP contribution in [0.5, 0.6) is 0 Å². The molecule has 66 heavy (non-hydrogen) atoms. The van der Waals surface area contributed by atoms with Gasteiger partial charge in [0.15, 0.2) is 0 Å². The van der Waals surface area contributed by atoms with E-state index in [0.717, 1.165) is 72.0 Å². The molecule has 0 radical (unpaired) electrons. The van der Waals surface area contributed by atoms with Gasteiger partial charge in [0.25, 0.3) is 0 Å². The molecule has 0 spiro atoms. The Kier molecular flexibility index (Phi) is 9.72. The van der Waals surface area contributed by atoms with Gasteiger partial charge in [0.05, 0.1) is 0 Å². The van der Waals surface area contributed by atoms with Gasteiger partial charge in [-0.1, -0.05) is 30.3 Å². The summed E-state index contributed by atoms with van der Waals surface area (Å²) in [6.45, 7) is 0. The van der Waals surface area contributed by atoms with Gasteiger partial charge >= 0.3 is 332 Å². The number of benzene rings is 10. The molecule has 0 amide bonds. The monoisotopic (exact) mass is 915 g/mol. The van der Waals surface area contributed by atoms with E-state index in [4.69, 9.17) is 0 Å². The minimum absolute atomic E-state index is 0.283. The Bertz CT molecular complexity index is 3600. The first-order valence-corrected chi connectivity index (χ1v) is 26.4. The van der Waals surface area contributed by atoms with Gasteiger partial charge in [-0.2, -0.15) is 0 Å². The van der Waals surface area contributed by atoms with Crippen LogP contribution in [0.4, 0.5) is 25.8 Å². The van der Waals surface area contributed by atoms with E-state index in [2.05, 4.69) is 208 Å². The Morgan fingerprint density at radius 1 is 0.288 bits per heavy atom. The predicted molar refractivity (Wildman–Crippen MR) is 273 cm³/mol. The van der Waals surface area contributed by atoms with Crippen LogP contribution in [-0.2, 0) is 0 Å². The molecule has 0 atom stereocenters. The topological polar surface area (TPSA) is 13.1 Å². The Labute approximate surface area is 384 Å². The van der Waals surface area contributed by atoms with Crippen LogP contribution in [0.2, 0.25) is 0 Å². The fourth-order valence-corrected chi connectivity index (χ4v) is 20.3. The molecule has 0 fully saturated rings. The number of fused-ring (bicyclic) bond motifs is 6. The molecule has 0 aliphatic carbocycles. The number of halogens is 2. The van der Waals surface area contributed by atoms with Crippen LogP contribution in [0, 0.1) is 11.6 Å². The number of hydrogen-bond acceptors (Lipinski definition) is 1. The Balaban J connectivity index is 1.13. The third-order valence-corrected chi connectivity index (χ3v) is 23.2. The van der Waals surface area contributed by atoms with E-state index in [1.807, 2.05) is 30.3 Å². The zero-order chi connectivity index (χ0) is 44.2. The molecular formula is C60H41F2GeN3. The van der Waals surface area contributed by atoms with Crippen LogP contribution in [0.3, 0.4) is 0 Å². The normalized spacial score (nSPS) is 11.8. The van der Waals surface area contributed by atoms with Gasteiger partial charge in [-0.25, -0.2) is 0 Å². The minimum atomic E-state index is -3.69. The number of para-hydroxylation sites is 2. The zero-order valence-corrected chi connectivity index (χ0v) is 37.9. The number of anilines is 3. The van der Waals surface area contributed by atoms with E-state index in [-0.39, 0.29) is 11.6 Å². The van der Waals surface area contributed by atoms with Crippen molar-refractivity contribution in [1.82, 2.24) is 9.13 Å². The first kappa shape index (κ1) is 39.6. The third kappa shape index (κ3) is 6.46. The molecule has 10 aromatic carbocycles. The van der Waals surface area contributed by atoms with E-state index in [1.54, 1.807) is 0 Å². The summed E-state index contributed by atoms with van der Waals surface area (Å²) in [5, 5.41) is 4.40. The second kappa shape index (κ2) is 16.2. The number of rotatable bonds is 9. The molecule has 12 aromatic rings. The van der Waals surface area contributed by atoms with Crippen LogP contribution in [0.15, 0.2) is 249 Å². The van der Waals surface area contributed by atoms with Crippen LogP contribution < -0.4 is 22.5 Å². The fourth-order valence-electron chi connectivity index (χ4n) is 10.3. The molecule has 12 rings (SSSR count). The molecule has 6 heteroatoms. The SMILES string of the molecule is Fc1ccc(N(c2ccc3c(c2)c2ccccc2n3-c2ccccc2)c2ccc3c(c2)c2c[c]([Ge]([c]4ccccc4)([c]4ccccc4)[c]4ccccc4)ccc2n3-c2ccc(F)cc2)cc1. The van der Waals surface area contributed by atoms with E-state index < -0.39 is 13.3 Å². The summed E-state index contributed by atoms with van der Waals surface area (Å²) in [7, 11) is 0. The summed E-state index contributed by atoms with van der Waals surface area (Å²) in [6, 6.07) is 85.8. The maximum absolute atomic E-state index is 14.7. The van der Waals surface area contributed by atoms with Crippen molar-refractivity contribution < 1.29 is 8.78 Å². The van der Waals surface area contributed by atoms with Crippen molar-refractivity contribution in [3.05, 3.63) is 260 Å². The summed E-state index contributed by atoms with van der Waals surface area (Å²) in [5.74, 6) is -0.579. The van der Waals surface area contributed by atoms with Gasteiger partial charge < -0.3 is 0 Å². The zero-order valence-electron chi connectivity index (χ0n) is 35.8. The van der Waals surface area contributed by atoms with Crippen molar-refractivity contribution in [1.29, 1.82) is 0 Å². The molecular weight excluding hydrogens is 873 g/mol. The van der Waals surface area contributed by atoms with Gasteiger partial charge in [0, 0.05) is 5.69 Å². The molecule has 0 unspecified atom stereocenters. The van der Waals surface area contributed by atoms with Crippen LogP contribution in [0.25, 0.3) is 55.0 Å². The first-order chi connectivity index (χ1) is 32.6. The molecule has 314 valence electrons. The molecule has 3 nitrogen and oxygen atoms in total. The van der Waals surface area contributed by atoms with Crippen molar-refractivity contribution in [2.24, 2.45) is 0 Å². The Hall–Kier alpha value is -8.00. The molecule has 0 N–H and O–H groups in total. The molecule has 0 saturated carbocycles. The molecule has 0 saturated heterocycles. The molecule has 0 aliphatic rings. The Morgan fingerprint density at radius 3 is 1.20 bits per heavy atom. The Morgan fingerprint density at radius 2 is 0.667 bits per heavy atom. The van der Waals surface area contributed by atoms with E-state index in [9.17, 15) is 8.78 Å². The van der Waals surface area contributed by atoms with Gasteiger partial charge in [-0.3, -0.25) is 0 Å². The van der Waals surface area contributed by atoms with Crippen LogP contribution in [-0.4, -0.2) is 22.4 Å². The molecule has 2 aromatic heterocycles. The average Bonchev–Trinajstić information content (AvgIpc) is 3.88. The molecule has 0 aliphatic heterocycles. The van der Waals surface area contributed by atoms with E-state index in [1.165, 1.54) is 41.8 Å². The fraction of sp³-hybridized carbons (Fsp3) is 0. The van der Waals surface area contributed by atoms with Gasteiger partial charge in [0.2, 0.25) is 0 Å². The number of hydrogen-bond donors (Lipinski definition) is 0. The van der Waals surface area contributed by atoms with Gasteiger partial charge in [-0.05, 0) is 18.2 Å². The molecule has 0 bridgehead atoms. The van der Waals surface area contributed by atoms with Crippen molar-refractivity contribution in [3.8, 4) is 11.4 Å². The summed E-state index contributed by atoms with van der Waals surface area (Å²) in [4.78, 5) is 2.22. The van der Waals surface area contributed by atoms with Crippen LogP contribution >= 0.6 is 0 Å². The van der Waals surface area contributed by atoms with E-state index >= 15 is 0 Å². The summed E-state index contributed by atoms with van der Waals surface area (Å²) in [6.07, 6.45) is 0. The summed E-state index contributed by atoms with van der Waals surface area (Å²) >= 11 is -3.69. The quantitative estimate of drug-likeness (QED) is 0.132. The van der Waals surface area contributed by atoms with Gasteiger partial charge in [-0.15, -0.1) is 0 Å². The maximum atomic E-state index is 14.7. The average molecular weight is 915 g/mol. The second-order valence-electron chi connectivity index (χ2n) is 16.8. The second-order valence-corrected chi connectivity index (χ2v) is 24.8. The summed E-state index contributed by atoms with van der Waals surface area (Å²) in [5.41, 5.74) is 8.89. The standard InChI is InChI=1S/C60H41F2GeN3/c61-42-25-30-49(31-26-42)64(51-34-37-59-55(40-51)53-23-13-14-24-57(53)65(59)48-21-11-4-12-22-48)52-35-38-60-56(41-52)54-39-47(29-36-58(54)66(60)50-32-27-43(62)28-33-50)63(44-15-5-1-6-16-44,45-17-7-2-8-18-45)46-19-9-3-10-20-46/h1-41H. The van der Waals surface area contributed by atoms with Crippen LogP contribution in [0.1, 0.15) is 0 Å².